The maximum absolute atomic E-state index is 12.4. The molecule has 0 atom stereocenters. The van der Waals surface area contributed by atoms with E-state index < -0.39 is 5.97 Å². The fourth-order valence-corrected chi connectivity index (χ4v) is 3.35. The lowest BCUT2D eigenvalue weighted by Gasteiger charge is -2.17. The topological polar surface area (TPSA) is 59.5 Å². The molecule has 0 aliphatic carbocycles. The van der Waals surface area contributed by atoms with E-state index in [1.54, 1.807) is 49.3 Å². The van der Waals surface area contributed by atoms with Crippen LogP contribution in [-0.4, -0.2) is 41.2 Å². The van der Waals surface area contributed by atoms with Gasteiger partial charge in [-0.15, -0.1) is 0 Å². The van der Waals surface area contributed by atoms with Crippen molar-refractivity contribution >= 4 is 46.8 Å². The van der Waals surface area contributed by atoms with Gasteiger partial charge in [0.15, 0.2) is 0 Å². The van der Waals surface area contributed by atoms with Crippen LogP contribution in [0, 0.1) is 0 Å². The zero-order chi connectivity index (χ0) is 19.1. The molecule has 0 saturated carbocycles. The zero-order valence-corrected chi connectivity index (χ0v) is 16.7. The van der Waals surface area contributed by atoms with Crippen molar-refractivity contribution in [1.29, 1.82) is 0 Å². The normalized spacial score (nSPS) is 10.5. The fraction of sp³-hybridized carbons (Fsp3) is 0.278. The van der Waals surface area contributed by atoms with E-state index in [2.05, 4.69) is 4.98 Å². The van der Waals surface area contributed by atoms with Crippen molar-refractivity contribution in [3.63, 3.8) is 0 Å². The van der Waals surface area contributed by atoms with Gasteiger partial charge in [-0.05, 0) is 36.8 Å². The lowest BCUT2D eigenvalue weighted by atomic mass is 10.2. The number of amides is 1. The van der Waals surface area contributed by atoms with E-state index in [-0.39, 0.29) is 18.3 Å². The van der Waals surface area contributed by atoms with Gasteiger partial charge in [-0.25, -0.2) is 9.78 Å². The molecule has 8 heteroatoms. The molecular weight excluding hydrogens is 395 g/mol. The van der Waals surface area contributed by atoms with Crippen molar-refractivity contribution in [2.75, 3.05) is 19.4 Å². The van der Waals surface area contributed by atoms with Gasteiger partial charge in [-0.1, -0.05) is 41.0 Å². The van der Waals surface area contributed by atoms with Gasteiger partial charge in [0.2, 0.25) is 5.91 Å². The number of aromatic nitrogens is 1. The molecule has 0 fully saturated rings. The Labute approximate surface area is 166 Å². The van der Waals surface area contributed by atoms with E-state index in [9.17, 15) is 9.59 Å². The molecule has 0 spiro atoms. The molecule has 0 bridgehead atoms. The first kappa shape index (κ1) is 20.6. The summed E-state index contributed by atoms with van der Waals surface area (Å²) >= 11 is 13.1. The van der Waals surface area contributed by atoms with Crippen LogP contribution in [0.25, 0.3) is 0 Å². The van der Waals surface area contributed by atoms with Crippen LogP contribution in [0.1, 0.15) is 22.8 Å². The van der Waals surface area contributed by atoms with Crippen molar-refractivity contribution in [1.82, 2.24) is 9.88 Å². The standard InChI is InChI=1S/C18H18Cl2N2O3S/c1-3-25-18(24)13-5-4-8-21-17(13)26-11-16(23)22(2)10-12-6-7-14(19)15(20)9-12/h4-9H,3,10-11H2,1-2H3. The molecule has 2 rings (SSSR count). The lowest BCUT2D eigenvalue weighted by Crippen LogP contribution is -2.27. The summed E-state index contributed by atoms with van der Waals surface area (Å²) in [5.74, 6) is -0.387. The SMILES string of the molecule is CCOC(=O)c1cccnc1SCC(=O)N(C)Cc1ccc(Cl)c(Cl)c1. The summed E-state index contributed by atoms with van der Waals surface area (Å²) in [5.41, 5.74) is 1.24. The van der Waals surface area contributed by atoms with Crippen molar-refractivity contribution in [3.05, 3.63) is 57.7 Å². The predicted molar refractivity (Wildman–Crippen MR) is 104 cm³/mol. The third-order valence-electron chi connectivity index (χ3n) is 3.43. The summed E-state index contributed by atoms with van der Waals surface area (Å²) in [6, 6.07) is 8.55. The van der Waals surface area contributed by atoms with Gasteiger partial charge in [-0.3, -0.25) is 4.79 Å². The zero-order valence-electron chi connectivity index (χ0n) is 14.4. The molecule has 0 unspecified atom stereocenters. The Hall–Kier alpha value is -1.76. The van der Waals surface area contributed by atoms with E-state index in [4.69, 9.17) is 27.9 Å². The minimum atomic E-state index is -0.445. The summed E-state index contributed by atoms with van der Waals surface area (Å²) in [5, 5.41) is 1.40. The second-order valence-corrected chi connectivity index (χ2v) is 7.14. The largest absolute Gasteiger partial charge is 0.462 e. The molecule has 26 heavy (non-hydrogen) atoms. The molecule has 0 aliphatic heterocycles. The number of hydrogen-bond acceptors (Lipinski definition) is 5. The number of esters is 1. The molecule has 0 radical (unpaired) electrons. The Bertz CT molecular complexity index is 802. The number of nitrogens with zero attached hydrogens (tertiary/aromatic N) is 2. The molecule has 1 heterocycles. The Kier molecular flexibility index (Phi) is 7.75. The second kappa shape index (κ2) is 9.80. The molecule has 138 valence electrons. The number of thioether (sulfide) groups is 1. The quantitative estimate of drug-likeness (QED) is 0.500. The van der Waals surface area contributed by atoms with Crippen LogP contribution in [0.5, 0.6) is 0 Å². The molecule has 5 nitrogen and oxygen atoms in total. The molecule has 1 aromatic carbocycles. The Morgan fingerprint density at radius 3 is 2.69 bits per heavy atom. The summed E-state index contributed by atoms with van der Waals surface area (Å²) in [6.07, 6.45) is 1.58. The Balaban J connectivity index is 1.97. The monoisotopic (exact) mass is 412 g/mol. The van der Waals surface area contributed by atoms with Crippen LogP contribution in [0.2, 0.25) is 10.0 Å². The third-order valence-corrected chi connectivity index (χ3v) is 5.16. The molecule has 0 saturated heterocycles. The van der Waals surface area contributed by atoms with Gasteiger partial charge in [0.25, 0.3) is 0 Å². The Morgan fingerprint density at radius 1 is 1.23 bits per heavy atom. The fourth-order valence-electron chi connectivity index (χ4n) is 2.11. The molecular formula is C18H18Cl2N2O3S. The van der Waals surface area contributed by atoms with E-state index in [0.29, 0.717) is 27.2 Å². The van der Waals surface area contributed by atoms with Crippen LogP contribution in [0.15, 0.2) is 41.6 Å². The molecule has 0 N–H and O–H groups in total. The van der Waals surface area contributed by atoms with E-state index >= 15 is 0 Å². The average Bonchev–Trinajstić information content (AvgIpc) is 2.63. The van der Waals surface area contributed by atoms with Crippen molar-refractivity contribution in [2.45, 2.75) is 18.5 Å². The average molecular weight is 413 g/mol. The van der Waals surface area contributed by atoms with Crippen LogP contribution < -0.4 is 0 Å². The first-order valence-electron chi connectivity index (χ1n) is 7.85. The molecule has 1 amide bonds. The number of carbonyl (C=O) groups is 2. The van der Waals surface area contributed by atoms with Crippen molar-refractivity contribution in [2.24, 2.45) is 0 Å². The highest BCUT2D eigenvalue weighted by molar-refractivity contribution is 8.00. The highest BCUT2D eigenvalue weighted by atomic mass is 35.5. The van der Waals surface area contributed by atoms with Gasteiger partial charge in [0, 0.05) is 19.8 Å². The van der Waals surface area contributed by atoms with Crippen molar-refractivity contribution in [3.8, 4) is 0 Å². The second-order valence-electron chi connectivity index (χ2n) is 5.36. The van der Waals surface area contributed by atoms with Gasteiger partial charge in [-0.2, -0.15) is 0 Å². The van der Waals surface area contributed by atoms with Crippen LogP contribution in [-0.2, 0) is 16.1 Å². The first-order chi connectivity index (χ1) is 12.4. The summed E-state index contributed by atoms with van der Waals surface area (Å²) < 4.78 is 5.01. The maximum Gasteiger partial charge on any atom is 0.340 e. The number of benzene rings is 1. The van der Waals surface area contributed by atoms with Gasteiger partial charge in [0.05, 0.1) is 28.0 Å². The van der Waals surface area contributed by atoms with Crippen LogP contribution in [0.4, 0.5) is 0 Å². The van der Waals surface area contributed by atoms with Gasteiger partial charge in [0.1, 0.15) is 5.03 Å². The van der Waals surface area contributed by atoms with Crippen LogP contribution >= 0.6 is 35.0 Å². The van der Waals surface area contributed by atoms with Gasteiger partial charge >= 0.3 is 5.97 Å². The number of rotatable bonds is 7. The highest BCUT2D eigenvalue weighted by Gasteiger charge is 2.16. The number of pyridine rings is 1. The minimum Gasteiger partial charge on any atom is -0.462 e. The summed E-state index contributed by atoms with van der Waals surface area (Å²) in [7, 11) is 1.70. The van der Waals surface area contributed by atoms with E-state index in [0.717, 1.165) is 5.56 Å². The van der Waals surface area contributed by atoms with Crippen LogP contribution in [0.3, 0.4) is 0 Å². The third kappa shape index (κ3) is 5.62. The number of halogens is 2. The molecule has 1 aromatic heterocycles. The maximum atomic E-state index is 12.4. The number of hydrogen-bond donors (Lipinski definition) is 0. The number of ether oxygens (including phenoxy) is 1. The smallest absolute Gasteiger partial charge is 0.340 e. The summed E-state index contributed by atoms with van der Waals surface area (Å²) in [6.45, 7) is 2.43. The molecule has 0 aliphatic rings. The number of carbonyl (C=O) groups excluding carboxylic acids is 2. The summed E-state index contributed by atoms with van der Waals surface area (Å²) in [4.78, 5) is 30.1. The van der Waals surface area contributed by atoms with Gasteiger partial charge < -0.3 is 9.64 Å². The lowest BCUT2D eigenvalue weighted by molar-refractivity contribution is -0.127. The van der Waals surface area contributed by atoms with Crippen molar-refractivity contribution < 1.29 is 14.3 Å². The minimum absolute atomic E-state index is 0.0958. The van der Waals surface area contributed by atoms with E-state index in [1.165, 1.54) is 11.8 Å². The predicted octanol–water partition coefficient (Wildman–Crippen LogP) is 4.32. The van der Waals surface area contributed by atoms with E-state index in [1.807, 2.05) is 6.07 Å². The Morgan fingerprint density at radius 2 is 2.00 bits per heavy atom. The molecule has 2 aromatic rings. The highest BCUT2D eigenvalue weighted by Crippen LogP contribution is 2.24. The first-order valence-corrected chi connectivity index (χ1v) is 9.59.